The molecule has 7 heteroatoms. The lowest BCUT2D eigenvalue weighted by Gasteiger charge is -2.26. The van der Waals surface area contributed by atoms with Crippen LogP contribution in [0.3, 0.4) is 0 Å². The van der Waals surface area contributed by atoms with E-state index in [2.05, 4.69) is 12.2 Å². The molecule has 0 fully saturated rings. The van der Waals surface area contributed by atoms with Gasteiger partial charge in [0.1, 0.15) is 10.6 Å². The van der Waals surface area contributed by atoms with Gasteiger partial charge < -0.3 is 10.1 Å². The number of allylic oxidation sites excluding steroid dienone is 2. The van der Waals surface area contributed by atoms with Crippen LogP contribution in [-0.2, 0) is 24.2 Å². The van der Waals surface area contributed by atoms with Crippen LogP contribution in [0.25, 0.3) is 0 Å². The molecule has 1 aliphatic heterocycles. The molecule has 0 saturated heterocycles. The van der Waals surface area contributed by atoms with Gasteiger partial charge in [-0.1, -0.05) is 77.6 Å². The SMILES string of the molecule is CCCCCCCCCCCCCCC1=C(OC)C(=O)C2=C(NCCS2(=O)=O)C1=O. The summed E-state index contributed by atoms with van der Waals surface area (Å²) in [6.45, 7) is 2.38. The van der Waals surface area contributed by atoms with E-state index in [1.165, 1.54) is 64.9 Å². The molecule has 0 amide bonds. The predicted octanol–water partition coefficient (Wildman–Crippen LogP) is 4.36. The van der Waals surface area contributed by atoms with Crippen molar-refractivity contribution < 1.29 is 22.7 Å². The first kappa shape index (κ1) is 24.6. The highest BCUT2D eigenvalue weighted by Gasteiger charge is 2.43. The second-order valence-corrected chi connectivity index (χ2v) is 10.3. The van der Waals surface area contributed by atoms with E-state index in [1.54, 1.807) is 0 Å². The van der Waals surface area contributed by atoms with Crippen molar-refractivity contribution in [2.45, 2.75) is 90.4 Å². The van der Waals surface area contributed by atoms with Gasteiger partial charge in [0.25, 0.3) is 0 Å². The molecule has 1 N–H and O–H groups in total. The van der Waals surface area contributed by atoms with Crippen LogP contribution in [-0.4, -0.2) is 39.4 Å². The maximum atomic E-state index is 12.8. The van der Waals surface area contributed by atoms with Crippen molar-refractivity contribution in [2.75, 3.05) is 19.4 Å². The summed E-state index contributed by atoms with van der Waals surface area (Å²) < 4.78 is 29.7. The zero-order valence-electron chi connectivity index (χ0n) is 18.6. The third-order valence-corrected chi connectivity index (χ3v) is 7.64. The number of methoxy groups -OCH3 is 1. The van der Waals surface area contributed by atoms with Gasteiger partial charge in [0, 0.05) is 12.1 Å². The van der Waals surface area contributed by atoms with E-state index in [1.807, 2.05) is 0 Å². The van der Waals surface area contributed by atoms with E-state index in [-0.39, 0.29) is 23.8 Å². The Morgan fingerprint density at radius 2 is 1.37 bits per heavy atom. The van der Waals surface area contributed by atoms with Crippen molar-refractivity contribution >= 4 is 21.4 Å². The Balaban J connectivity index is 1.75. The Kier molecular flexibility index (Phi) is 10.1. The fourth-order valence-electron chi connectivity index (χ4n) is 4.17. The predicted molar refractivity (Wildman–Crippen MR) is 119 cm³/mol. The summed E-state index contributed by atoms with van der Waals surface area (Å²) >= 11 is 0. The van der Waals surface area contributed by atoms with E-state index in [9.17, 15) is 18.0 Å². The standard InChI is InChI=1S/C23H37NO5S/c1-3-4-5-6-7-8-9-10-11-12-13-14-15-18-20(25)19-23(21(26)22(18)29-2)30(27,28)17-16-24-19/h24H,3-17H2,1-2H3. The second-order valence-electron chi connectivity index (χ2n) is 8.26. The molecule has 0 unspecified atom stereocenters. The van der Waals surface area contributed by atoms with Crippen LogP contribution in [0.2, 0.25) is 0 Å². The van der Waals surface area contributed by atoms with Crippen LogP contribution in [0.4, 0.5) is 0 Å². The summed E-state index contributed by atoms with van der Waals surface area (Å²) in [6, 6.07) is 0. The molecule has 1 aliphatic carbocycles. The highest BCUT2D eigenvalue weighted by molar-refractivity contribution is 7.96. The van der Waals surface area contributed by atoms with Gasteiger partial charge in [-0.05, 0) is 12.8 Å². The molecule has 2 aliphatic rings. The van der Waals surface area contributed by atoms with E-state index in [0.29, 0.717) is 12.0 Å². The Hall–Kier alpha value is -1.63. The summed E-state index contributed by atoms with van der Waals surface area (Å²) in [5.74, 6) is -1.38. The molecule has 6 nitrogen and oxygen atoms in total. The Labute approximate surface area is 181 Å². The highest BCUT2D eigenvalue weighted by atomic mass is 32.2. The molecule has 170 valence electrons. The Bertz CT molecular complexity index is 779. The van der Waals surface area contributed by atoms with Gasteiger partial charge in [0.2, 0.25) is 11.6 Å². The number of carbonyl (C=O) groups excluding carboxylic acids is 2. The van der Waals surface area contributed by atoms with E-state index in [4.69, 9.17) is 4.74 Å². The number of sulfone groups is 1. The summed E-state index contributed by atoms with van der Waals surface area (Å²) in [4.78, 5) is 25.1. The van der Waals surface area contributed by atoms with Gasteiger partial charge >= 0.3 is 0 Å². The average Bonchev–Trinajstić information content (AvgIpc) is 2.71. The number of ketones is 2. The number of rotatable bonds is 14. The van der Waals surface area contributed by atoms with Gasteiger partial charge in [0.15, 0.2) is 15.6 Å². The lowest BCUT2D eigenvalue weighted by Crippen LogP contribution is -2.41. The Morgan fingerprint density at radius 3 is 1.90 bits per heavy atom. The molecular formula is C23H37NO5S. The molecule has 0 atom stereocenters. The quantitative estimate of drug-likeness (QED) is 0.319. The minimum absolute atomic E-state index is 0.0685. The van der Waals surface area contributed by atoms with Gasteiger partial charge in [-0.15, -0.1) is 0 Å². The van der Waals surface area contributed by atoms with E-state index in [0.717, 1.165) is 19.3 Å². The molecular weight excluding hydrogens is 402 g/mol. The van der Waals surface area contributed by atoms with Crippen LogP contribution >= 0.6 is 0 Å². The summed E-state index contributed by atoms with van der Waals surface area (Å²) in [5, 5.41) is 2.82. The number of unbranched alkanes of at least 4 members (excludes halogenated alkanes) is 11. The van der Waals surface area contributed by atoms with Crippen molar-refractivity contribution in [3.63, 3.8) is 0 Å². The van der Waals surface area contributed by atoms with E-state index >= 15 is 0 Å². The first-order valence-electron chi connectivity index (χ1n) is 11.5. The topological polar surface area (TPSA) is 89.5 Å². The van der Waals surface area contributed by atoms with E-state index < -0.39 is 26.3 Å². The maximum absolute atomic E-state index is 12.8. The van der Waals surface area contributed by atoms with Crippen LogP contribution in [0.15, 0.2) is 21.9 Å². The largest absolute Gasteiger partial charge is 0.492 e. The molecule has 0 saturated carbocycles. The molecule has 30 heavy (non-hydrogen) atoms. The molecule has 0 aromatic rings. The van der Waals surface area contributed by atoms with Gasteiger partial charge in [-0.2, -0.15) is 0 Å². The van der Waals surface area contributed by atoms with Crippen molar-refractivity contribution in [3.8, 4) is 0 Å². The first-order chi connectivity index (χ1) is 14.4. The monoisotopic (exact) mass is 439 g/mol. The molecule has 2 rings (SSSR count). The lowest BCUT2D eigenvalue weighted by molar-refractivity contribution is -0.118. The summed E-state index contributed by atoms with van der Waals surface area (Å²) in [7, 11) is -2.43. The molecule has 0 aromatic heterocycles. The fourth-order valence-corrected chi connectivity index (χ4v) is 5.59. The van der Waals surface area contributed by atoms with Crippen molar-refractivity contribution in [1.29, 1.82) is 0 Å². The van der Waals surface area contributed by atoms with Crippen molar-refractivity contribution in [1.82, 2.24) is 5.32 Å². The number of nitrogens with one attached hydrogen (secondary N) is 1. The summed E-state index contributed by atoms with van der Waals surface area (Å²) in [6.07, 6.45) is 15.0. The third-order valence-electron chi connectivity index (χ3n) is 5.88. The number of Topliss-reactive ketones (excluding diaryl/α,β-unsaturated/α-hetero) is 2. The summed E-state index contributed by atoms with van der Waals surface area (Å²) in [5.41, 5.74) is 0.235. The number of hydrogen-bond donors (Lipinski definition) is 1. The fraction of sp³-hybridized carbons (Fsp3) is 0.739. The smallest absolute Gasteiger partial charge is 0.241 e. The molecule has 1 heterocycles. The number of ether oxygens (including phenoxy) is 1. The average molecular weight is 440 g/mol. The number of carbonyl (C=O) groups is 2. The van der Waals surface area contributed by atoms with Gasteiger partial charge in [0.05, 0.1) is 12.9 Å². The van der Waals surface area contributed by atoms with Crippen LogP contribution in [0.5, 0.6) is 0 Å². The highest BCUT2D eigenvalue weighted by Crippen LogP contribution is 2.32. The van der Waals surface area contributed by atoms with Crippen LogP contribution in [0, 0.1) is 0 Å². The second kappa shape index (κ2) is 12.3. The molecule has 0 radical (unpaired) electrons. The van der Waals surface area contributed by atoms with Crippen LogP contribution < -0.4 is 5.32 Å². The normalized spacial score (nSPS) is 18.5. The maximum Gasteiger partial charge on any atom is 0.241 e. The molecule has 0 bridgehead atoms. The van der Waals surface area contributed by atoms with Crippen LogP contribution in [0.1, 0.15) is 90.4 Å². The minimum atomic E-state index is -3.75. The van der Waals surface area contributed by atoms with Crippen molar-refractivity contribution in [3.05, 3.63) is 21.9 Å². The lowest BCUT2D eigenvalue weighted by atomic mass is 9.93. The third kappa shape index (κ3) is 6.43. The first-order valence-corrected chi connectivity index (χ1v) is 13.2. The van der Waals surface area contributed by atoms with Gasteiger partial charge in [-0.3, -0.25) is 9.59 Å². The van der Waals surface area contributed by atoms with Crippen molar-refractivity contribution in [2.24, 2.45) is 0 Å². The molecule has 0 aromatic carbocycles. The Morgan fingerprint density at radius 1 is 0.833 bits per heavy atom. The number of hydrogen-bond acceptors (Lipinski definition) is 6. The van der Waals surface area contributed by atoms with Gasteiger partial charge in [-0.25, -0.2) is 8.42 Å². The molecule has 0 spiro atoms. The minimum Gasteiger partial charge on any atom is -0.492 e. The zero-order chi connectivity index (χ0) is 22.0. The zero-order valence-corrected chi connectivity index (χ0v) is 19.4.